The van der Waals surface area contributed by atoms with Crippen LogP contribution in [0, 0.1) is 0 Å². The maximum Gasteiger partial charge on any atom is 0.267 e. The van der Waals surface area contributed by atoms with Crippen LogP contribution in [-0.4, -0.2) is 46.1 Å². The Morgan fingerprint density at radius 2 is 1.84 bits per heavy atom. The van der Waals surface area contributed by atoms with E-state index >= 15 is 0 Å². The molecule has 2 aliphatic rings. The Bertz CT molecular complexity index is 745. The zero-order chi connectivity index (χ0) is 17.2. The lowest BCUT2D eigenvalue weighted by Gasteiger charge is -2.37. The minimum Gasteiger partial charge on any atom is -0.482 e. The van der Waals surface area contributed by atoms with Gasteiger partial charge in [-0.25, -0.2) is 9.97 Å². The summed E-state index contributed by atoms with van der Waals surface area (Å²) in [6, 6.07) is 9.43. The van der Waals surface area contributed by atoms with Gasteiger partial charge in [-0.2, -0.15) is 0 Å². The van der Waals surface area contributed by atoms with Crippen molar-refractivity contribution in [3.05, 3.63) is 48.5 Å². The largest absolute Gasteiger partial charge is 0.482 e. The number of ether oxygens (including phenoxy) is 2. The lowest BCUT2D eigenvalue weighted by atomic mass is 9.93. The summed E-state index contributed by atoms with van der Waals surface area (Å²) in [5.41, 5.74) is 1.06. The number of aromatic nitrogens is 2. The minimum atomic E-state index is -0.592. The topological polar surface area (TPSA) is 64.6 Å². The van der Waals surface area contributed by atoms with E-state index in [1.54, 1.807) is 12.5 Å². The Morgan fingerprint density at radius 1 is 1.12 bits per heavy atom. The predicted octanol–water partition coefficient (Wildman–Crippen LogP) is 2.41. The number of para-hydroxylation sites is 2. The molecule has 6 heteroatoms. The molecule has 2 aliphatic heterocycles. The summed E-state index contributed by atoms with van der Waals surface area (Å²) in [6.07, 6.45) is 4.26. The second kappa shape index (κ2) is 6.70. The SMILES string of the molecule is CC1Oc2ccccc2OC1C(=O)N1CCC(c2ccncn2)CC1. The summed E-state index contributed by atoms with van der Waals surface area (Å²) < 4.78 is 11.8. The fraction of sp³-hybridized carbons (Fsp3) is 0.421. The summed E-state index contributed by atoms with van der Waals surface area (Å²) in [4.78, 5) is 23.1. The van der Waals surface area contributed by atoms with Gasteiger partial charge in [0.15, 0.2) is 11.5 Å². The van der Waals surface area contributed by atoms with Gasteiger partial charge in [0.25, 0.3) is 5.91 Å². The molecular formula is C19H21N3O3. The van der Waals surface area contributed by atoms with Crippen LogP contribution in [0.4, 0.5) is 0 Å². The molecule has 2 unspecified atom stereocenters. The number of fused-ring (bicyclic) bond motifs is 1. The van der Waals surface area contributed by atoms with E-state index in [0.717, 1.165) is 18.5 Å². The molecule has 0 N–H and O–H groups in total. The predicted molar refractivity (Wildman–Crippen MR) is 91.5 cm³/mol. The van der Waals surface area contributed by atoms with Gasteiger partial charge < -0.3 is 14.4 Å². The molecule has 6 nitrogen and oxygen atoms in total. The van der Waals surface area contributed by atoms with Crippen LogP contribution in [0.25, 0.3) is 0 Å². The Morgan fingerprint density at radius 3 is 2.52 bits per heavy atom. The number of carbonyl (C=O) groups is 1. The van der Waals surface area contributed by atoms with Crippen molar-refractivity contribution in [3.63, 3.8) is 0 Å². The van der Waals surface area contributed by atoms with Crippen molar-refractivity contribution in [2.75, 3.05) is 13.1 Å². The van der Waals surface area contributed by atoms with Crippen molar-refractivity contribution in [2.45, 2.75) is 37.9 Å². The molecule has 0 bridgehead atoms. The fourth-order valence-corrected chi connectivity index (χ4v) is 3.51. The summed E-state index contributed by atoms with van der Waals surface area (Å²) in [6.45, 7) is 3.30. The summed E-state index contributed by atoms with van der Waals surface area (Å²) in [5.74, 6) is 1.72. The van der Waals surface area contributed by atoms with Gasteiger partial charge in [0.05, 0.1) is 0 Å². The molecule has 0 spiro atoms. The number of nitrogens with zero attached hydrogens (tertiary/aromatic N) is 3. The van der Waals surface area contributed by atoms with Crippen molar-refractivity contribution in [1.82, 2.24) is 14.9 Å². The van der Waals surface area contributed by atoms with E-state index in [1.165, 1.54) is 0 Å². The monoisotopic (exact) mass is 339 g/mol. The number of hydrogen-bond acceptors (Lipinski definition) is 5. The maximum atomic E-state index is 12.9. The molecule has 3 heterocycles. The number of hydrogen-bond donors (Lipinski definition) is 0. The van der Waals surface area contributed by atoms with E-state index in [-0.39, 0.29) is 12.0 Å². The molecule has 0 saturated carbocycles. The van der Waals surface area contributed by atoms with Gasteiger partial charge in [-0.05, 0) is 38.0 Å². The molecular weight excluding hydrogens is 318 g/mol. The van der Waals surface area contributed by atoms with Crippen LogP contribution in [0.5, 0.6) is 11.5 Å². The molecule has 4 rings (SSSR count). The van der Waals surface area contributed by atoms with Crippen LogP contribution >= 0.6 is 0 Å². The third-order valence-corrected chi connectivity index (χ3v) is 4.92. The third kappa shape index (κ3) is 3.16. The van der Waals surface area contributed by atoms with Crippen LogP contribution in [-0.2, 0) is 4.79 Å². The lowest BCUT2D eigenvalue weighted by molar-refractivity contribution is -0.145. The highest BCUT2D eigenvalue weighted by Crippen LogP contribution is 2.34. The average molecular weight is 339 g/mol. The van der Waals surface area contributed by atoms with Crippen molar-refractivity contribution in [2.24, 2.45) is 0 Å². The summed E-state index contributed by atoms with van der Waals surface area (Å²) in [5, 5.41) is 0. The fourth-order valence-electron chi connectivity index (χ4n) is 3.51. The first-order valence-corrected chi connectivity index (χ1v) is 8.69. The molecule has 1 amide bonds. The lowest BCUT2D eigenvalue weighted by Crippen LogP contribution is -2.52. The molecule has 130 valence electrons. The number of rotatable bonds is 2. The average Bonchev–Trinajstić information content (AvgIpc) is 2.68. The van der Waals surface area contributed by atoms with E-state index in [4.69, 9.17) is 9.47 Å². The molecule has 1 aromatic heterocycles. The van der Waals surface area contributed by atoms with Crippen LogP contribution in [0.3, 0.4) is 0 Å². The van der Waals surface area contributed by atoms with Crippen molar-refractivity contribution < 1.29 is 14.3 Å². The van der Waals surface area contributed by atoms with Crippen molar-refractivity contribution in [3.8, 4) is 11.5 Å². The molecule has 1 saturated heterocycles. The van der Waals surface area contributed by atoms with Crippen LogP contribution in [0.1, 0.15) is 31.4 Å². The first-order valence-electron chi connectivity index (χ1n) is 8.69. The van der Waals surface area contributed by atoms with Crippen molar-refractivity contribution >= 4 is 5.91 Å². The van der Waals surface area contributed by atoms with Crippen molar-refractivity contribution in [1.29, 1.82) is 0 Å². The molecule has 1 aromatic carbocycles. The number of piperidine rings is 1. The second-order valence-corrected chi connectivity index (χ2v) is 6.54. The van der Waals surface area contributed by atoms with E-state index in [0.29, 0.717) is 30.5 Å². The highest BCUT2D eigenvalue weighted by molar-refractivity contribution is 5.82. The van der Waals surface area contributed by atoms with Gasteiger partial charge >= 0.3 is 0 Å². The molecule has 0 radical (unpaired) electrons. The van der Waals surface area contributed by atoms with Gasteiger partial charge in [0.1, 0.15) is 12.4 Å². The highest BCUT2D eigenvalue weighted by Gasteiger charge is 2.38. The van der Waals surface area contributed by atoms with E-state index < -0.39 is 6.10 Å². The number of carbonyl (C=O) groups excluding carboxylic acids is 1. The summed E-state index contributed by atoms with van der Waals surface area (Å²) in [7, 11) is 0. The van der Waals surface area contributed by atoms with E-state index in [2.05, 4.69) is 9.97 Å². The number of amides is 1. The standard InChI is InChI=1S/C19H21N3O3/c1-13-18(25-17-5-3-2-4-16(17)24-13)19(23)22-10-7-14(8-11-22)15-6-9-20-12-21-15/h2-6,9,12-14,18H,7-8,10-11H2,1H3. The van der Waals surface area contributed by atoms with Gasteiger partial charge in [-0.1, -0.05) is 12.1 Å². The Labute approximate surface area is 146 Å². The Hall–Kier alpha value is -2.63. The molecule has 25 heavy (non-hydrogen) atoms. The van der Waals surface area contributed by atoms with Gasteiger partial charge in [0, 0.05) is 30.9 Å². The Kier molecular flexibility index (Phi) is 4.26. The molecule has 2 atom stereocenters. The first kappa shape index (κ1) is 15.9. The second-order valence-electron chi connectivity index (χ2n) is 6.54. The van der Waals surface area contributed by atoms with Crippen LogP contribution < -0.4 is 9.47 Å². The van der Waals surface area contributed by atoms with E-state index in [1.807, 2.05) is 42.2 Å². The highest BCUT2D eigenvalue weighted by atomic mass is 16.6. The third-order valence-electron chi connectivity index (χ3n) is 4.92. The molecule has 1 fully saturated rings. The van der Waals surface area contributed by atoms with E-state index in [9.17, 15) is 4.79 Å². The quantitative estimate of drug-likeness (QED) is 0.841. The minimum absolute atomic E-state index is 0.00291. The first-order chi connectivity index (χ1) is 12.2. The smallest absolute Gasteiger partial charge is 0.267 e. The zero-order valence-electron chi connectivity index (χ0n) is 14.2. The van der Waals surface area contributed by atoms with Crippen LogP contribution in [0.2, 0.25) is 0 Å². The van der Waals surface area contributed by atoms with Crippen LogP contribution in [0.15, 0.2) is 42.9 Å². The molecule has 0 aliphatic carbocycles. The summed E-state index contributed by atoms with van der Waals surface area (Å²) >= 11 is 0. The number of likely N-dealkylation sites (tertiary alicyclic amines) is 1. The number of benzene rings is 1. The molecule has 2 aromatic rings. The van der Waals surface area contributed by atoms with Gasteiger partial charge in [0.2, 0.25) is 6.10 Å². The van der Waals surface area contributed by atoms with Gasteiger partial charge in [-0.3, -0.25) is 4.79 Å². The Balaban J connectivity index is 1.41. The van der Waals surface area contributed by atoms with Gasteiger partial charge in [-0.15, -0.1) is 0 Å². The normalized spacial score (nSPS) is 23.3. The maximum absolute atomic E-state index is 12.9. The zero-order valence-corrected chi connectivity index (χ0v) is 14.2.